The Balaban J connectivity index is 2.24. The summed E-state index contributed by atoms with van der Waals surface area (Å²) in [6.45, 7) is 3.13. The van der Waals surface area contributed by atoms with Gasteiger partial charge in [-0.25, -0.2) is 4.98 Å². The molecule has 0 bridgehead atoms. The van der Waals surface area contributed by atoms with Crippen molar-refractivity contribution in [2.24, 2.45) is 14.1 Å². The minimum absolute atomic E-state index is 0.129. The molecule has 0 saturated carbocycles. The van der Waals surface area contributed by atoms with Gasteiger partial charge in [0.15, 0.2) is 0 Å². The molecule has 1 N–H and O–H groups in total. The molecule has 0 radical (unpaired) electrons. The Morgan fingerprint density at radius 3 is 2.71 bits per heavy atom. The second-order valence-electron chi connectivity index (χ2n) is 4.30. The molecule has 2 aromatic heterocycles. The van der Waals surface area contributed by atoms with E-state index in [0.717, 1.165) is 24.2 Å². The third-order valence-corrected chi connectivity index (χ3v) is 2.68. The number of aryl methyl sites for hydroxylation is 2. The van der Waals surface area contributed by atoms with E-state index < -0.39 is 0 Å². The molecule has 0 amide bonds. The van der Waals surface area contributed by atoms with E-state index in [0.29, 0.717) is 0 Å². The fourth-order valence-electron chi connectivity index (χ4n) is 1.85. The van der Waals surface area contributed by atoms with Crippen LogP contribution in [0.2, 0.25) is 0 Å². The van der Waals surface area contributed by atoms with Gasteiger partial charge >= 0.3 is 0 Å². The number of nitrogens with zero attached hydrogens (tertiary/aromatic N) is 4. The summed E-state index contributed by atoms with van der Waals surface area (Å²) < 4.78 is 3.78. The first-order valence-electron chi connectivity index (χ1n) is 5.90. The van der Waals surface area contributed by atoms with Crippen molar-refractivity contribution in [1.82, 2.24) is 24.6 Å². The van der Waals surface area contributed by atoms with E-state index in [1.54, 1.807) is 0 Å². The van der Waals surface area contributed by atoms with Crippen molar-refractivity contribution in [2.45, 2.75) is 19.4 Å². The van der Waals surface area contributed by atoms with Crippen LogP contribution in [0.1, 0.15) is 30.6 Å². The molecule has 0 aromatic carbocycles. The Hall–Kier alpha value is -1.62. The van der Waals surface area contributed by atoms with Crippen LogP contribution < -0.4 is 5.32 Å². The number of hydrogen-bond acceptors (Lipinski definition) is 3. The first-order valence-corrected chi connectivity index (χ1v) is 5.90. The quantitative estimate of drug-likeness (QED) is 0.845. The van der Waals surface area contributed by atoms with Crippen LogP contribution in [0.25, 0.3) is 0 Å². The third-order valence-electron chi connectivity index (χ3n) is 2.68. The summed E-state index contributed by atoms with van der Waals surface area (Å²) in [6.07, 6.45) is 8.89. The molecule has 0 saturated heterocycles. The molecule has 0 aliphatic carbocycles. The number of rotatable bonds is 5. The molecule has 5 heteroatoms. The summed E-state index contributed by atoms with van der Waals surface area (Å²) in [6, 6.07) is 0.129. The Bertz CT molecular complexity index is 430. The SMILES string of the molecule is CCCNC(c1cnn(C)c1)c1cn(C)cn1. The van der Waals surface area contributed by atoms with Crippen molar-refractivity contribution in [1.29, 1.82) is 0 Å². The van der Waals surface area contributed by atoms with E-state index >= 15 is 0 Å². The summed E-state index contributed by atoms with van der Waals surface area (Å²) in [5.74, 6) is 0. The molecule has 17 heavy (non-hydrogen) atoms. The second-order valence-corrected chi connectivity index (χ2v) is 4.30. The van der Waals surface area contributed by atoms with Crippen molar-refractivity contribution in [2.75, 3.05) is 6.54 Å². The molecule has 5 nitrogen and oxygen atoms in total. The van der Waals surface area contributed by atoms with Crippen molar-refractivity contribution < 1.29 is 0 Å². The standard InChI is InChI=1S/C12H19N5/c1-4-5-13-12(10-6-15-17(3)7-10)11-8-16(2)9-14-11/h6-9,12-13H,4-5H2,1-3H3. The van der Waals surface area contributed by atoms with Crippen LogP contribution >= 0.6 is 0 Å². The summed E-state index contributed by atoms with van der Waals surface area (Å²) in [5.41, 5.74) is 2.19. The van der Waals surface area contributed by atoms with E-state index in [1.165, 1.54) is 0 Å². The molecular formula is C12H19N5. The van der Waals surface area contributed by atoms with E-state index in [1.807, 2.05) is 48.3 Å². The van der Waals surface area contributed by atoms with Crippen LogP contribution in [0.3, 0.4) is 0 Å². The third kappa shape index (κ3) is 2.74. The smallest absolute Gasteiger partial charge is 0.0947 e. The number of aromatic nitrogens is 4. The zero-order valence-electron chi connectivity index (χ0n) is 10.6. The minimum Gasteiger partial charge on any atom is -0.340 e. The highest BCUT2D eigenvalue weighted by Crippen LogP contribution is 2.19. The first-order chi connectivity index (χ1) is 8.20. The van der Waals surface area contributed by atoms with Crippen LogP contribution in [0.5, 0.6) is 0 Å². The van der Waals surface area contributed by atoms with Gasteiger partial charge in [0.05, 0.1) is 24.3 Å². The molecule has 0 aliphatic rings. The van der Waals surface area contributed by atoms with Gasteiger partial charge in [-0.2, -0.15) is 5.10 Å². The molecule has 2 rings (SSSR count). The summed E-state index contributed by atoms with van der Waals surface area (Å²) in [7, 11) is 3.91. The summed E-state index contributed by atoms with van der Waals surface area (Å²) >= 11 is 0. The van der Waals surface area contributed by atoms with Gasteiger partial charge in [0.25, 0.3) is 0 Å². The normalized spacial score (nSPS) is 12.9. The van der Waals surface area contributed by atoms with Crippen LogP contribution in [-0.2, 0) is 14.1 Å². The molecule has 92 valence electrons. The highest BCUT2D eigenvalue weighted by atomic mass is 15.2. The van der Waals surface area contributed by atoms with Gasteiger partial charge in [-0.3, -0.25) is 4.68 Å². The topological polar surface area (TPSA) is 47.7 Å². The molecule has 2 aromatic rings. The highest BCUT2D eigenvalue weighted by Gasteiger charge is 2.17. The average Bonchev–Trinajstić information content (AvgIpc) is 2.89. The van der Waals surface area contributed by atoms with Crippen LogP contribution in [0.15, 0.2) is 24.9 Å². The van der Waals surface area contributed by atoms with Gasteiger partial charge in [0.1, 0.15) is 0 Å². The van der Waals surface area contributed by atoms with E-state index in [9.17, 15) is 0 Å². The highest BCUT2D eigenvalue weighted by molar-refractivity contribution is 5.22. The number of nitrogens with one attached hydrogen (secondary N) is 1. The van der Waals surface area contributed by atoms with Gasteiger partial charge in [-0.05, 0) is 13.0 Å². The second kappa shape index (κ2) is 5.14. The van der Waals surface area contributed by atoms with E-state index in [-0.39, 0.29) is 6.04 Å². The molecule has 0 aliphatic heterocycles. The van der Waals surface area contributed by atoms with E-state index in [4.69, 9.17) is 0 Å². The number of imidazole rings is 1. The lowest BCUT2D eigenvalue weighted by molar-refractivity contribution is 0.587. The Morgan fingerprint density at radius 1 is 1.35 bits per heavy atom. The molecule has 1 unspecified atom stereocenters. The van der Waals surface area contributed by atoms with Crippen molar-refractivity contribution in [3.63, 3.8) is 0 Å². The lowest BCUT2D eigenvalue weighted by atomic mass is 10.1. The van der Waals surface area contributed by atoms with Gasteiger partial charge < -0.3 is 9.88 Å². The summed E-state index contributed by atoms with van der Waals surface area (Å²) in [4.78, 5) is 4.42. The maximum Gasteiger partial charge on any atom is 0.0947 e. The molecule has 0 spiro atoms. The average molecular weight is 233 g/mol. The maximum absolute atomic E-state index is 4.42. The summed E-state index contributed by atoms with van der Waals surface area (Å²) in [5, 5.41) is 7.72. The lowest BCUT2D eigenvalue weighted by Crippen LogP contribution is -2.23. The molecule has 1 atom stereocenters. The van der Waals surface area contributed by atoms with Gasteiger partial charge in [-0.1, -0.05) is 6.92 Å². The Kier molecular flexibility index (Phi) is 3.58. The van der Waals surface area contributed by atoms with Crippen LogP contribution in [0.4, 0.5) is 0 Å². The minimum atomic E-state index is 0.129. The Labute approximate surface area is 101 Å². The van der Waals surface area contributed by atoms with Gasteiger partial charge in [0.2, 0.25) is 0 Å². The fourth-order valence-corrected chi connectivity index (χ4v) is 1.85. The zero-order valence-corrected chi connectivity index (χ0v) is 10.6. The molecule has 2 heterocycles. The van der Waals surface area contributed by atoms with Crippen molar-refractivity contribution in [3.05, 3.63) is 36.2 Å². The zero-order chi connectivity index (χ0) is 12.3. The molecule has 0 fully saturated rings. The van der Waals surface area contributed by atoms with Crippen molar-refractivity contribution in [3.8, 4) is 0 Å². The predicted molar refractivity (Wildman–Crippen MR) is 66.6 cm³/mol. The van der Waals surface area contributed by atoms with Crippen LogP contribution in [-0.4, -0.2) is 25.9 Å². The predicted octanol–water partition coefficient (Wildman–Crippen LogP) is 1.24. The Morgan fingerprint density at radius 2 is 2.18 bits per heavy atom. The van der Waals surface area contributed by atoms with E-state index in [2.05, 4.69) is 22.3 Å². The van der Waals surface area contributed by atoms with Gasteiger partial charge in [0, 0.05) is 32.1 Å². The molecular weight excluding hydrogens is 214 g/mol. The maximum atomic E-state index is 4.42. The van der Waals surface area contributed by atoms with Crippen molar-refractivity contribution >= 4 is 0 Å². The largest absolute Gasteiger partial charge is 0.340 e. The number of hydrogen-bond donors (Lipinski definition) is 1. The first kappa shape index (κ1) is 11.9. The fraction of sp³-hybridized carbons (Fsp3) is 0.500. The monoisotopic (exact) mass is 233 g/mol. The van der Waals surface area contributed by atoms with Gasteiger partial charge in [-0.15, -0.1) is 0 Å². The lowest BCUT2D eigenvalue weighted by Gasteiger charge is -2.14. The van der Waals surface area contributed by atoms with Crippen LogP contribution in [0, 0.1) is 0 Å².